The van der Waals surface area contributed by atoms with Crippen molar-refractivity contribution in [3.05, 3.63) is 35.4 Å². The molecule has 0 radical (unpaired) electrons. The van der Waals surface area contributed by atoms with Gasteiger partial charge in [0.2, 0.25) is 0 Å². The molecule has 1 aliphatic rings. The van der Waals surface area contributed by atoms with Crippen LogP contribution in [0, 0.1) is 12.8 Å². The number of rotatable bonds is 3. The van der Waals surface area contributed by atoms with Crippen LogP contribution in [0.3, 0.4) is 0 Å². The molecule has 2 rings (SSSR count). The Morgan fingerprint density at radius 1 is 1.17 bits per heavy atom. The summed E-state index contributed by atoms with van der Waals surface area (Å²) in [6.07, 6.45) is 2.46. The highest BCUT2D eigenvalue weighted by Gasteiger charge is 2.28. The number of nitrogens with two attached hydrogens (primary N) is 1. The molecule has 0 aliphatic carbocycles. The Morgan fingerprint density at radius 3 is 2.22 bits per heavy atom. The summed E-state index contributed by atoms with van der Waals surface area (Å²) in [5.41, 5.74) is 8.95. The van der Waals surface area contributed by atoms with Gasteiger partial charge >= 0.3 is 0 Å². The summed E-state index contributed by atoms with van der Waals surface area (Å²) in [5, 5.41) is 0. The fraction of sp³-hybridized carbons (Fsp3) is 0.625. The fourth-order valence-corrected chi connectivity index (χ4v) is 2.79. The van der Waals surface area contributed by atoms with E-state index >= 15 is 0 Å². The molecule has 1 aromatic rings. The molecule has 0 amide bonds. The van der Waals surface area contributed by atoms with Crippen molar-refractivity contribution in [2.45, 2.75) is 45.7 Å². The van der Waals surface area contributed by atoms with Crippen LogP contribution < -0.4 is 5.73 Å². The molecule has 0 saturated carbocycles. The van der Waals surface area contributed by atoms with Crippen molar-refractivity contribution in [1.82, 2.24) is 4.90 Å². The van der Waals surface area contributed by atoms with E-state index in [1.807, 2.05) is 0 Å². The second-order valence-corrected chi connectivity index (χ2v) is 6.36. The summed E-state index contributed by atoms with van der Waals surface area (Å²) >= 11 is 0. The Balaban J connectivity index is 1.85. The molecule has 0 unspecified atom stereocenters. The second kappa shape index (κ2) is 5.41. The van der Waals surface area contributed by atoms with Gasteiger partial charge in [0.15, 0.2) is 0 Å². The average molecular weight is 246 g/mol. The summed E-state index contributed by atoms with van der Waals surface area (Å²) in [7, 11) is 0. The summed E-state index contributed by atoms with van der Waals surface area (Å²) in [5.74, 6) is 0.673. The van der Waals surface area contributed by atoms with Crippen LogP contribution in [0.25, 0.3) is 0 Å². The fourth-order valence-electron chi connectivity index (χ4n) is 2.79. The Labute approximate surface area is 111 Å². The number of nitrogens with zero attached hydrogens (tertiary/aromatic N) is 1. The largest absolute Gasteiger partial charge is 0.325 e. The minimum absolute atomic E-state index is 0.0179. The quantitative estimate of drug-likeness (QED) is 0.888. The molecule has 1 heterocycles. The molecule has 2 N–H and O–H groups in total. The van der Waals surface area contributed by atoms with E-state index in [0.717, 1.165) is 6.54 Å². The summed E-state index contributed by atoms with van der Waals surface area (Å²) < 4.78 is 0. The third-order valence-electron chi connectivity index (χ3n) is 4.17. The minimum Gasteiger partial charge on any atom is -0.325 e. The Kier molecular flexibility index (Phi) is 4.08. The van der Waals surface area contributed by atoms with Crippen molar-refractivity contribution in [3.8, 4) is 0 Å². The standard InChI is InChI=1S/C16H26N2/c1-13-4-6-14(7-5-13)12-18-10-8-15(9-11-18)16(2,3)17/h4-7,15H,8-12,17H2,1-3H3. The highest BCUT2D eigenvalue weighted by atomic mass is 15.1. The van der Waals surface area contributed by atoms with Gasteiger partial charge in [-0.1, -0.05) is 29.8 Å². The monoisotopic (exact) mass is 246 g/mol. The first kappa shape index (κ1) is 13.6. The predicted molar refractivity (Wildman–Crippen MR) is 77.4 cm³/mol. The van der Waals surface area contributed by atoms with Gasteiger partial charge in [0, 0.05) is 12.1 Å². The van der Waals surface area contributed by atoms with Crippen LogP contribution in [0.1, 0.15) is 37.8 Å². The smallest absolute Gasteiger partial charge is 0.0233 e. The van der Waals surface area contributed by atoms with E-state index in [1.165, 1.54) is 37.1 Å². The maximum atomic E-state index is 6.21. The molecule has 1 aliphatic heterocycles. The zero-order valence-electron chi connectivity index (χ0n) is 11.9. The van der Waals surface area contributed by atoms with Crippen LogP contribution in [0.2, 0.25) is 0 Å². The molecular weight excluding hydrogens is 220 g/mol. The van der Waals surface area contributed by atoms with Crippen LogP contribution in [-0.4, -0.2) is 23.5 Å². The lowest BCUT2D eigenvalue weighted by molar-refractivity contribution is 0.138. The van der Waals surface area contributed by atoms with E-state index in [1.54, 1.807) is 0 Å². The molecule has 1 saturated heterocycles. The predicted octanol–water partition coefficient (Wildman–Crippen LogP) is 2.94. The van der Waals surface area contributed by atoms with E-state index in [9.17, 15) is 0 Å². The molecule has 1 fully saturated rings. The maximum absolute atomic E-state index is 6.21. The first-order valence-corrected chi connectivity index (χ1v) is 7.02. The van der Waals surface area contributed by atoms with Gasteiger partial charge in [-0.3, -0.25) is 4.90 Å². The summed E-state index contributed by atoms with van der Waals surface area (Å²) in [4.78, 5) is 2.55. The van der Waals surface area contributed by atoms with E-state index in [2.05, 4.69) is 49.9 Å². The van der Waals surface area contributed by atoms with Gasteiger partial charge in [-0.25, -0.2) is 0 Å². The van der Waals surface area contributed by atoms with Crippen molar-refractivity contribution >= 4 is 0 Å². The number of piperidine rings is 1. The zero-order chi connectivity index (χ0) is 13.2. The maximum Gasteiger partial charge on any atom is 0.0233 e. The molecule has 18 heavy (non-hydrogen) atoms. The highest BCUT2D eigenvalue weighted by Crippen LogP contribution is 2.26. The molecule has 2 heteroatoms. The summed E-state index contributed by atoms with van der Waals surface area (Å²) in [6, 6.07) is 8.89. The van der Waals surface area contributed by atoms with Crippen LogP contribution >= 0.6 is 0 Å². The van der Waals surface area contributed by atoms with Crippen molar-refractivity contribution in [2.75, 3.05) is 13.1 Å². The average Bonchev–Trinajstić information content (AvgIpc) is 2.32. The third kappa shape index (κ3) is 3.56. The van der Waals surface area contributed by atoms with Crippen molar-refractivity contribution in [2.24, 2.45) is 11.7 Å². The molecule has 2 nitrogen and oxygen atoms in total. The van der Waals surface area contributed by atoms with E-state index in [-0.39, 0.29) is 5.54 Å². The van der Waals surface area contributed by atoms with Gasteiger partial charge in [-0.15, -0.1) is 0 Å². The zero-order valence-corrected chi connectivity index (χ0v) is 11.9. The van der Waals surface area contributed by atoms with Gasteiger partial charge in [-0.2, -0.15) is 0 Å². The molecular formula is C16H26N2. The van der Waals surface area contributed by atoms with Crippen LogP contribution in [-0.2, 0) is 6.54 Å². The number of aryl methyl sites for hydroxylation is 1. The normalized spacial score (nSPS) is 19.1. The molecule has 0 aromatic heterocycles. The molecule has 100 valence electrons. The molecule has 0 bridgehead atoms. The molecule has 1 aromatic carbocycles. The van der Waals surface area contributed by atoms with Gasteiger partial charge < -0.3 is 5.73 Å². The van der Waals surface area contributed by atoms with Crippen molar-refractivity contribution in [1.29, 1.82) is 0 Å². The van der Waals surface area contributed by atoms with Crippen LogP contribution in [0.15, 0.2) is 24.3 Å². The van der Waals surface area contributed by atoms with Crippen molar-refractivity contribution < 1.29 is 0 Å². The Bertz CT molecular complexity index is 367. The first-order chi connectivity index (χ1) is 8.45. The molecule has 0 spiro atoms. The van der Waals surface area contributed by atoms with E-state index in [0.29, 0.717) is 5.92 Å². The van der Waals surface area contributed by atoms with Gasteiger partial charge in [-0.05, 0) is 58.2 Å². The number of hydrogen-bond acceptors (Lipinski definition) is 2. The van der Waals surface area contributed by atoms with Crippen molar-refractivity contribution in [3.63, 3.8) is 0 Å². The van der Waals surface area contributed by atoms with Crippen LogP contribution in [0.4, 0.5) is 0 Å². The lowest BCUT2D eigenvalue weighted by atomic mass is 9.81. The Morgan fingerprint density at radius 2 is 1.72 bits per heavy atom. The lowest BCUT2D eigenvalue weighted by Gasteiger charge is -2.38. The number of hydrogen-bond donors (Lipinski definition) is 1. The highest BCUT2D eigenvalue weighted by molar-refractivity contribution is 5.21. The first-order valence-electron chi connectivity index (χ1n) is 7.02. The van der Waals surface area contributed by atoms with Crippen LogP contribution in [0.5, 0.6) is 0 Å². The van der Waals surface area contributed by atoms with E-state index < -0.39 is 0 Å². The summed E-state index contributed by atoms with van der Waals surface area (Å²) in [6.45, 7) is 9.90. The molecule has 0 atom stereocenters. The lowest BCUT2D eigenvalue weighted by Crippen LogP contribution is -2.46. The number of likely N-dealkylation sites (tertiary alicyclic amines) is 1. The van der Waals surface area contributed by atoms with Gasteiger partial charge in [0.05, 0.1) is 0 Å². The van der Waals surface area contributed by atoms with Gasteiger partial charge in [0.1, 0.15) is 0 Å². The second-order valence-electron chi connectivity index (χ2n) is 6.36. The SMILES string of the molecule is Cc1ccc(CN2CCC(C(C)(C)N)CC2)cc1. The number of benzene rings is 1. The third-order valence-corrected chi connectivity index (χ3v) is 4.17. The van der Waals surface area contributed by atoms with Gasteiger partial charge in [0.25, 0.3) is 0 Å². The topological polar surface area (TPSA) is 29.3 Å². The van der Waals surface area contributed by atoms with E-state index in [4.69, 9.17) is 5.73 Å². The Hall–Kier alpha value is -0.860. The minimum atomic E-state index is -0.0179.